The van der Waals surface area contributed by atoms with Crippen molar-refractivity contribution in [3.05, 3.63) is 62.0 Å². The monoisotopic (exact) mass is 302 g/mol. The van der Waals surface area contributed by atoms with Crippen LogP contribution in [0.15, 0.2) is 39.0 Å². The Kier molecular flexibility index (Phi) is 4.33. The van der Waals surface area contributed by atoms with Crippen LogP contribution in [0.1, 0.15) is 17.6 Å². The number of halogens is 3. The van der Waals surface area contributed by atoms with Gasteiger partial charge in [-0.2, -0.15) is 0 Å². The summed E-state index contributed by atoms with van der Waals surface area (Å²) in [7, 11) is 0. The van der Waals surface area contributed by atoms with Gasteiger partial charge in [0.05, 0.1) is 10.6 Å². The van der Waals surface area contributed by atoms with E-state index in [1.807, 2.05) is 0 Å². The number of benzene rings is 1. The van der Waals surface area contributed by atoms with E-state index in [1.54, 1.807) is 0 Å². The zero-order valence-corrected chi connectivity index (χ0v) is 10.8. The fourth-order valence-corrected chi connectivity index (χ4v) is 2.29. The predicted octanol–water partition coefficient (Wildman–Crippen LogP) is 2.43. The van der Waals surface area contributed by atoms with Gasteiger partial charge in [-0.3, -0.25) is 9.59 Å². The fourth-order valence-electron chi connectivity index (χ4n) is 1.48. The summed E-state index contributed by atoms with van der Waals surface area (Å²) < 4.78 is 38.1. The van der Waals surface area contributed by atoms with Crippen molar-refractivity contribution in [3.63, 3.8) is 0 Å². The van der Waals surface area contributed by atoms with Gasteiger partial charge in [-0.1, -0.05) is 12.1 Å². The average molecular weight is 302 g/mol. The van der Waals surface area contributed by atoms with E-state index in [1.165, 1.54) is 12.3 Å². The number of thioether (sulfide) groups is 1. The van der Waals surface area contributed by atoms with Gasteiger partial charge in [-0.05, 0) is 11.6 Å². The molecule has 0 saturated carbocycles. The smallest absolute Gasteiger partial charge is 0.314 e. The lowest BCUT2D eigenvalue weighted by molar-refractivity contribution is 0.146. The lowest BCUT2D eigenvalue weighted by atomic mass is 10.1. The molecule has 0 amide bonds. The summed E-state index contributed by atoms with van der Waals surface area (Å²) in [5.41, 5.74) is -1.70. The maximum atomic E-state index is 13.3. The van der Waals surface area contributed by atoms with Crippen molar-refractivity contribution in [2.45, 2.75) is 17.2 Å². The fraction of sp³-hybridized carbons (Fsp3) is 0.167. The van der Waals surface area contributed by atoms with Crippen molar-refractivity contribution in [1.29, 1.82) is 0 Å². The molecule has 2 aromatic rings. The molecule has 0 aliphatic rings. The maximum Gasteiger partial charge on any atom is 0.314 e. The molecule has 1 aromatic carbocycles. The lowest BCUT2D eigenvalue weighted by Gasteiger charge is -2.05. The number of nitrogens with one attached hydrogen (secondary N) is 2. The predicted molar refractivity (Wildman–Crippen MR) is 68.6 cm³/mol. The molecule has 1 aromatic heterocycles. The van der Waals surface area contributed by atoms with Gasteiger partial charge in [0, 0.05) is 11.9 Å². The van der Waals surface area contributed by atoms with Crippen LogP contribution in [0.4, 0.5) is 13.2 Å². The lowest BCUT2D eigenvalue weighted by Crippen LogP contribution is -2.28. The van der Waals surface area contributed by atoms with Gasteiger partial charge in [0.25, 0.3) is 6.43 Å². The maximum absolute atomic E-state index is 13.3. The van der Waals surface area contributed by atoms with E-state index in [-0.39, 0.29) is 5.75 Å². The van der Waals surface area contributed by atoms with Crippen molar-refractivity contribution in [1.82, 2.24) is 9.97 Å². The molecule has 4 nitrogen and oxygen atoms in total. The van der Waals surface area contributed by atoms with Gasteiger partial charge in [0.15, 0.2) is 0 Å². The number of hydrogen-bond acceptors (Lipinski definition) is 3. The molecule has 8 heteroatoms. The molecule has 0 aliphatic carbocycles. The molecule has 0 aliphatic heterocycles. The molecule has 0 saturated heterocycles. The Morgan fingerprint density at radius 1 is 1.20 bits per heavy atom. The van der Waals surface area contributed by atoms with Crippen LogP contribution >= 0.6 is 11.8 Å². The minimum atomic E-state index is -2.85. The Labute approximate surface area is 115 Å². The first kappa shape index (κ1) is 14.4. The highest BCUT2D eigenvalue weighted by Gasteiger charge is 2.13. The summed E-state index contributed by atoms with van der Waals surface area (Å²) in [6, 6.07) is 3.45. The van der Waals surface area contributed by atoms with Crippen LogP contribution in [0.5, 0.6) is 0 Å². The summed E-state index contributed by atoms with van der Waals surface area (Å²) in [6.07, 6.45) is -1.54. The van der Waals surface area contributed by atoms with Gasteiger partial charge in [-0.25, -0.2) is 13.2 Å². The molecule has 1 heterocycles. The van der Waals surface area contributed by atoms with Crippen LogP contribution in [0.25, 0.3) is 0 Å². The van der Waals surface area contributed by atoms with Crippen LogP contribution < -0.4 is 11.1 Å². The summed E-state index contributed by atoms with van der Waals surface area (Å²) in [5.74, 6) is -0.698. The first-order valence-electron chi connectivity index (χ1n) is 5.48. The van der Waals surface area contributed by atoms with Crippen LogP contribution in [-0.2, 0) is 5.75 Å². The standard InChI is InChI=1S/C12H9F3N2O2S/c13-8-3-6(1-2-7(8)10(14)15)5-20-9-4-16-11(18)12(19)17-9/h1-4,10H,5H2,(H,16,18)(H,17,19). The molecule has 0 bridgehead atoms. The zero-order valence-electron chi connectivity index (χ0n) is 9.95. The summed E-state index contributed by atoms with van der Waals surface area (Å²) in [6.45, 7) is 0. The van der Waals surface area contributed by atoms with Crippen LogP contribution in [0.2, 0.25) is 0 Å². The Balaban J connectivity index is 2.11. The van der Waals surface area contributed by atoms with E-state index in [0.29, 0.717) is 10.6 Å². The number of hydrogen-bond donors (Lipinski definition) is 2. The Hall–Kier alpha value is -1.96. The normalized spacial score (nSPS) is 11.0. The minimum Gasteiger partial charge on any atom is -0.322 e. The highest BCUT2D eigenvalue weighted by atomic mass is 32.2. The SMILES string of the molecule is O=c1[nH]cc(SCc2ccc(C(F)F)c(F)c2)[nH]c1=O. The quantitative estimate of drug-likeness (QED) is 0.673. The molecule has 2 N–H and O–H groups in total. The van der Waals surface area contributed by atoms with Gasteiger partial charge in [0.1, 0.15) is 5.82 Å². The number of H-pyrrole nitrogens is 2. The Morgan fingerprint density at radius 2 is 1.95 bits per heavy atom. The van der Waals surface area contributed by atoms with Crippen LogP contribution in [0, 0.1) is 5.82 Å². The van der Waals surface area contributed by atoms with Gasteiger partial charge >= 0.3 is 11.1 Å². The van der Waals surface area contributed by atoms with Crippen LogP contribution in [-0.4, -0.2) is 9.97 Å². The van der Waals surface area contributed by atoms with Gasteiger partial charge in [-0.15, -0.1) is 11.8 Å². The number of aromatic amines is 2. The first-order chi connectivity index (χ1) is 9.47. The van der Waals surface area contributed by atoms with Crippen molar-refractivity contribution in [2.75, 3.05) is 0 Å². The highest BCUT2D eigenvalue weighted by molar-refractivity contribution is 7.98. The Morgan fingerprint density at radius 3 is 2.55 bits per heavy atom. The highest BCUT2D eigenvalue weighted by Crippen LogP contribution is 2.25. The van der Waals surface area contributed by atoms with Gasteiger partial charge in [0.2, 0.25) is 0 Å². The number of alkyl halides is 2. The minimum absolute atomic E-state index is 0.266. The molecule has 0 atom stereocenters. The summed E-state index contributed by atoms with van der Waals surface area (Å²) in [4.78, 5) is 26.5. The summed E-state index contributed by atoms with van der Waals surface area (Å²) in [5, 5.41) is 0.396. The largest absolute Gasteiger partial charge is 0.322 e. The third-order valence-corrected chi connectivity index (χ3v) is 3.48. The molecular formula is C12H9F3N2O2S. The van der Waals surface area contributed by atoms with Crippen molar-refractivity contribution >= 4 is 11.8 Å². The molecule has 2 rings (SSSR count). The molecule has 0 spiro atoms. The van der Waals surface area contributed by atoms with E-state index < -0.39 is 28.9 Å². The molecular weight excluding hydrogens is 293 g/mol. The van der Waals surface area contributed by atoms with Crippen molar-refractivity contribution in [2.24, 2.45) is 0 Å². The molecule has 106 valence electrons. The van der Waals surface area contributed by atoms with Gasteiger partial charge < -0.3 is 9.97 Å². The molecule has 20 heavy (non-hydrogen) atoms. The third-order valence-electron chi connectivity index (χ3n) is 2.47. The number of aromatic nitrogens is 2. The van der Waals surface area contributed by atoms with Crippen molar-refractivity contribution < 1.29 is 13.2 Å². The second kappa shape index (κ2) is 6.00. The molecule has 0 fully saturated rings. The number of rotatable bonds is 4. The average Bonchev–Trinajstić information content (AvgIpc) is 2.40. The zero-order chi connectivity index (χ0) is 14.7. The van der Waals surface area contributed by atoms with Crippen LogP contribution in [0.3, 0.4) is 0 Å². The first-order valence-corrected chi connectivity index (χ1v) is 6.47. The second-order valence-electron chi connectivity index (χ2n) is 3.88. The Bertz CT molecular complexity index is 727. The van der Waals surface area contributed by atoms with E-state index in [0.717, 1.165) is 23.9 Å². The second-order valence-corrected chi connectivity index (χ2v) is 4.90. The molecule has 0 unspecified atom stereocenters. The van der Waals surface area contributed by atoms with E-state index >= 15 is 0 Å². The van der Waals surface area contributed by atoms with E-state index in [2.05, 4.69) is 9.97 Å². The summed E-state index contributed by atoms with van der Waals surface area (Å²) >= 11 is 1.14. The third kappa shape index (κ3) is 3.32. The van der Waals surface area contributed by atoms with Crippen molar-refractivity contribution in [3.8, 4) is 0 Å². The van der Waals surface area contributed by atoms with E-state index in [9.17, 15) is 22.8 Å². The van der Waals surface area contributed by atoms with E-state index in [4.69, 9.17) is 0 Å². The topological polar surface area (TPSA) is 65.7 Å². The molecule has 0 radical (unpaired) electrons.